The van der Waals surface area contributed by atoms with Gasteiger partial charge in [0, 0.05) is 11.6 Å². The van der Waals surface area contributed by atoms with Crippen molar-refractivity contribution in [3.63, 3.8) is 0 Å². The average molecular weight is 392 g/mol. The molecular formula is C18H18ClN3O5. The van der Waals surface area contributed by atoms with Crippen LogP contribution >= 0.6 is 11.6 Å². The SMILES string of the molecule is CCOc1ccccc1OCC(=O)N/N=C(\C)c1ccc(Cl)c([N+](=O)[O-])c1. The average Bonchev–Trinajstić information content (AvgIpc) is 2.65. The molecule has 0 aliphatic heterocycles. The minimum atomic E-state index is -0.582. The Bertz CT molecular complexity index is 870. The van der Waals surface area contributed by atoms with Gasteiger partial charge in [-0.15, -0.1) is 0 Å². The van der Waals surface area contributed by atoms with Crippen LogP contribution in [0.2, 0.25) is 5.02 Å². The maximum Gasteiger partial charge on any atom is 0.288 e. The molecule has 8 nitrogen and oxygen atoms in total. The van der Waals surface area contributed by atoms with Crippen molar-refractivity contribution in [3.05, 3.63) is 63.2 Å². The minimum absolute atomic E-state index is 0.0296. The molecule has 2 rings (SSSR count). The van der Waals surface area contributed by atoms with Crippen molar-refractivity contribution < 1.29 is 19.2 Å². The van der Waals surface area contributed by atoms with Crippen LogP contribution in [0.4, 0.5) is 5.69 Å². The summed E-state index contributed by atoms with van der Waals surface area (Å²) in [6, 6.07) is 11.3. The molecule has 0 radical (unpaired) electrons. The quantitative estimate of drug-likeness (QED) is 0.421. The standard InChI is InChI=1S/C18H18ClN3O5/c1-3-26-16-6-4-5-7-17(16)27-11-18(23)21-20-12(2)13-8-9-14(19)15(10-13)22(24)25/h4-10H,3,11H2,1-2H3,(H,21,23)/b20-12+. The zero-order valence-electron chi connectivity index (χ0n) is 14.8. The second-order valence-electron chi connectivity index (χ2n) is 5.32. The number of nitrogens with one attached hydrogen (secondary N) is 1. The number of hydrogen-bond donors (Lipinski definition) is 1. The van der Waals surface area contributed by atoms with Crippen LogP contribution < -0.4 is 14.9 Å². The number of nitro groups is 1. The topological polar surface area (TPSA) is 103 Å². The van der Waals surface area contributed by atoms with Crippen LogP contribution in [0, 0.1) is 10.1 Å². The van der Waals surface area contributed by atoms with Gasteiger partial charge in [0.15, 0.2) is 18.1 Å². The van der Waals surface area contributed by atoms with E-state index in [1.165, 1.54) is 12.1 Å². The summed E-state index contributed by atoms with van der Waals surface area (Å²) >= 11 is 5.78. The molecule has 2 aromatic rings. The van der Waals surface area contributed by atoms with Gasteiger partial charge in [-0.2, -0.15) is 5.10 Å². The lowest BCUT2D eigenvalue weighted by atomic mass is 10.1. The van der Waals surface area contributed by atoms with Gasteiger partial charge in [0.25, 0.3) is 11.6 Å². The van der Waals surface area contributed by atoms with Crippen LogP contribution in [0.15, 0.2) is 47.6 Å². The van der Waals surface area contributed by atoms with Gasteiger partial charge in [0.1, 0.15) is 5.02 Å². The lowest BCUT2D eigenvalue weighted by Crippen LogP contribution is -2.25. The molecule has 0 unspecified atom stereocenters. The lowest BCUT2D eigenvalue weighted by Gasteiger charge is -2.10. The minimum Gasteiger partial charge on any atom is -0.490 e. The number of ether oxygens (including phenoxy) is 2. The number of nitrogens with zero attached hydrogens (tertiary/aromatic N) is 2. The number of nitro benzene ring substituents is 1. The van der Waals surface area contributed by atoms with E-state index < -0.39 is 10.8 Å². The van der Waals surface area contributed by atoms with Crippen molar-refractivity contribution in [1.29, 1.82) is 0 Å². The third-order valence-corrected chi connectivity index (χ3v) is 3.74. The molecule has 0 fully saturated rings. The first-order valence-corrected chi connectivity index (χ1v) is 8.42. The predicted octanol–water partition coefficient (Wildman–Crippen LogP) is 3.57. The molecule has 0 atom stereocenters. The van der Waals surface area contributed by atoms with E-state index in [4.69, 9.17) is 21.1 Å². The Kier molecular flexibility index (Phi) is 7.13. The van der Waals surface area contributed by atoms with Crippen molar-refractivity contribution in [2.75, 3.05) is 13.2 Å². The zero-order valence-corrected chi connectivity index (χ0v) is 15.5. The fraction of sp³-hybridized carbons (Fsp3) is 0.222. The van der Waals surface area contributed by atoms with Crippen LogP contribution in [0.3, 0.4) is 0 Å². The molecule has 0 bridgehead atoms. The summed E-state index contributed by atoms with van der Waals surface area (Å²) in [5.41, 5.74) is 2.97. The van der Waals surface area contributed by atoms with E-state index >= 15 is 0 Å². The Morgan fingerprint density at radius 2 is 1.89 bits per heavy atom. The first-order chi connectivity index (χ1) is 12.9. The fourth-order valence-electron chi connectivity index (χ4n) is 2.11. The van der Waals surface area contributed by atoms with E-state index in [9.17, 15) is 14.9 Å². The van der Waals surface area contributed by atoms with Gasteiger partial charge in [0.05, 0.1) is 17.2 Å². The van der Waals surface area contributed by atoms with Gasteiger partial charge in [-0.25, -0.2) is 5.43 Å². The van der Waals surface area contributed by atoms with Crippen molar-refractivity contribution >= 4 is 28.9 Å². The van der Waals surface area contributed by atoms with Crippen LogP contribution in [0.5, 0.6) is 11.5 Å². The van der Waals surface area contributed by atoms with Gasteiger partial charge in [0.2, 0.25) is 0 Å². The van der Waals surface area contributed by atoms with E-state index in [-0.39, 0.29) is 17.3 Å². The lowest BCUT2D eigenvalue weighted by molar-refractivity contribution is -0.384. The molecule has 0 heterocycles. The van der Waals surface area contributed by atoms with E-state index in [1.807, 2.05) is 6.92 Å². The molecule has 0 aromatic heterocycles. The zero-order chi connectivity index (χ0) is 19.8. The maximum absolute atomic E-state index is 11.9. The van der Waals surface area contributed by atoms with Crippen LogP contribution in [-0.2, 0) is 4.79 Å². The van der Waals surface area contributed by atoms with Crippen molar-refractivity contribution in [2.24, 2.45) is 5.10 Å². The largest absolute Gasteiger partial charge is 0.490 e. The van der Waals surface area contributed by atoms with Crippen molar-refractivity contribution in [2.45, 2.75) is 13.8 Å². The van der Waals surface area contributed by atoms with E-state index in [2.05, 4.69) is 10.5 Å². The Hall–Kier alpha value is -3.13. The first-order valence-electron chi connectivity index (χ1n) is 8.04. The molecule has 0 aliphatic carbocycles. The van der Waals surface area contributed by atoms with Gasteiger partial charge in [-0.1, -0.05) is 29.8 Å². The molecule has 27 heavy (non-hydrogen) atoms. The Labute approximate surface area is 160 Å². The fourth-order valence-corrected chi connectivity index (χ4v) is 2.29. The smallest absolute Gasteiger partial charge is 0.288 e. The number of rotatable bonds is 8. The summed E-state index contributed by atoms with van der Waals surface area (Å²) in [6.45, 7) is 3.67. The second kappa shape index (κ2) is 9.54. The summed E-state index contributed by atoms with van der Waals surface area (Å²) in [7, 11) is 0. The molecule has 142 valence electrons. The van der Waals surface area contributed by atoms with Crippen LogP contribution in [-0.4, -0.2) is 29.8 Å². The Morgan fingerprint density at radius 1 is 1.22 bits per heavy atom. The number of amides is 1. The normalized spacial score (nSPS) is 11.0. The van der Waals surface area contributed by atoms with Crippen molar-refractivity contribution in [1.82, 2.24) is 5.43 Å². The molecule has 2 aromatic carbocycles. The van der Waals surface area contributed by atoms with Crippen molar-refractivity contribution in [3.8, 4) is 11.5 Å². The number of carbonyl (C=O) groups excluding carboxylic acids is 1. The number of hydrazone groups is 1. The monoisotopic (exact) mass is 391 g/mol. The molecule has 0 spiro atoms. The summed E-state index contributed by atoms with van der Waals surface area (Å²) in [4.78, 5) is 22.3. The Balaban J connectivity index is 1.98. The number of benzene rings is 2. The van der Waals surface area contributed by atoms with Crippen LogP contribution in [0.1, 0.15) is 19.4 Å². The maximum atomic E-state index is 11.9. The predicted molar refractivity (Wildman–Crippen MR) is 102 cm³/mol. The molecule has 0 aliphatic rings. The molecule has 1 amide bonds. The van der Waals surface area contributed by atoms with E-state index in [1.54, 1.807) is 37.3 Å². The molecule has 9 heteroatoms. The van der Waals surface area contributed by atoms with Gasteiger partial charge >= 0.3 is 0 Å². The van der Waals surface area contributed by atoms with Gasteiger partial charge < -0.3 is 9.47 Å². The first kappa shape index (κ1) is 20.2. The van der Waals surface area contributed by atoms with Crippen LogP contribution in [0.25, 0.3) is 0 Å². The molecule has 0 saturated carbocycles. The number of hydrogen-bond acceptors (Lipinski definition) is 6. The summed E-state index contributed by atoms with van der Waals surface area (Å²) in [6.07, 6.45) is 0. The van der Waals surface area contributed by atoms with Gasteiger partial charge in [-0.05, 0) is 32.0 Å². The van der Waals surface area contributed by atoms with E-state index in [0.29, 0.717) is 29.4 Å². The number of carbonyl (C=O) groups is 1. The highest BCUT2D eigenvalue weighted by Crippen LogP contribution is 2.26. The highest BCUT2D eigenvalue weighted by atomic mass is 35.5. The summed E-state index contributed by atoms with van der Waals surface area (Å²) in [5.74, 6) is 0.508. The van der Waals surface area contributed by atoms with Gasteiger partial charge in [-0.3, -0.25) is 14.9 Å². The molecule has 0 saturated heterocycles. The van der Waals surface area contributed by atoms with E-state index in [0.717, 1.165) is 0 Å². The molecule has 1 N–H and O–H groups in total. The number of halogens is 1. The number of para-hydroxylation sites is 2. The highest BCUT2D eigenvalue weighted by Gasteiger charge is 2.14. The summed E-state index contributed by atoms with van der Waals surface area (Å²) in [5, 5.41) is 14.9. The Morgan fingerprint density at radius 3 is 2.52 bits per heavy atom. The third-order valence-electron chi connectivity index (χ3n) is 3.42. The highest BCUT2D eigenvalue weighted by molar-refractivity contribution is 6.32. The molecular weight excluding hydrogens is 374 g/mol. The third kappa shape index (κ3) is 5.68. The second-order valence-corrected chi connectivity index (χ2v) is 5.73. The summed E-state index contributed by atoms with van der Waals surface area (Å²) < 4.78 is 10.9.